The maximum absolute atomic E-state index is 9.22. The summed E-state index contributed by atoms with van der Waals surface area (Å²) in [6.07, 6.45) is 2.13. The van der Waals surface area contributed by atoms with Gasteiger partial charge in [0.15, 0.2) is 0 Å². The second-order valence-electron chi connectivity index (χ2n) is 3.52. The second kappa shape index (κ2) is 4.62. The lowest BCUT2D eigenvalue weighted by Gasteiger charge is -2.29. The zero-order valence-corrected chi connectivity index (χ0v) is 9.35. The molecule has 1 fully saturated rings. The summed E-state index contributed by atoms with van der Waals surface area (Å²) in [5, 5.41) is 9.22. The molecule has 2 unspecified atom stereocenters. The van der Waals surface area contributed by atoms with Gasteiger partial charge in [0.05, 0.1) is 10.4 Å². The molecule has 2 heterocycles. The fourth-order valence-corrected chi connectivity index (χ4v) is 3.03. The van der Waals surface area contributed by atoms with Crippen LogP contribution < -0.4 is 0 Å². The van der Waals surface area contributed by atoms with Gasteiger partial charge in [-0.15, -0.1) is 11.3 Å². The zero-order chi connectivity index (χ0) is 9.97. The van der Waals surface area contributed by atoms with Gasteiger partial charge in [0.2, 0.25) is 0 Å². The van der Waals surface area contributed by atoms with Crippen molar-refractivity contribution < 1.29 is 9.84 Å². The van der Waals surface area contributed by atoms with E-state index in [2.05, 4.69) is 0 Å². The molecule has 78 valence electrons. The van der Waals surface area contributed by atoms with Crippen LogP contribution >= 0.6 is 22.9 Å². The molecule has 2 nitrogen and oxygen atoms in total. The Kier molecular flexibility index (Phi) is 3.44. The molecule has 0 spiro atoms. The Morgan fingerprint density at radius 1 is 1.57 bits per heavy atom. The minimum Gasteiger partial charge on any atom is -0.396 e. The first kappa shape index (κ1) is 10.4. The summed E-state index contributed by atoms with van der Waals surface area (Å²) in [5.74, 6) is 0.235. The molecule has 14 heavy (non-hydrogen) atoms. The Morgan fingerprint density at radius 3 is 3.07 bits per heavy atom. The van der Waals surface area contributed by atoms with Gasteiger partial charge < -0.3 is 9.84 Å². The number of hydrogen-bond donors (Lipinski definition) is 1. The summed E-state index contributed by atoms with van der Waals surface area (Å²) < 4.78 is 6.46. The van der Waals surface area contributed by atoms with Gasteiger partial charge in [-0.1, -0.05) is 11.6 Å². The van der Waals surface area contributed by atoms with E-state index in [-0.39, 0.29) is 18.6 Å². The molecule has 1 aliphatic rings. The summed E-state index contributed by atoms with van der Waals surface area (Å²) in [6, 6.07) is 3.87. The lowest BCUT2D eigenvalue weighted by molar-refractivity contribution is -0.0437. The highest BCUT2D eigenvalue weighted by Gasteiger charge is 2.27. The fraction of sp³-hybridized carbons (Fsp3) is 0.600. The molecule has 1 aromatic rings. The molecule has 2 rings (SSSR count). The minimum atomic E-state index is 0.0475. The number of rotatable bonds is 2. The van der Waals surface area contributed by atoms with Crippen LogP contribution in [0.1, 0.15) is 23.8 Å². The molecule has 0 saturated carbocycles. The lowest BCUT2D eigenvalue weighted by Crippen LogP contribution is -2.24. The fourth-order valence-electron chi connectivity index (χ4n) is 1.83. The molecule has 1 aromatic heterocycles. The number of ether oxygens (including phenoxy) is 1. The summed E-state index contributed by atoms with van der Waals surface area (Å²) in [4.78, 5) is 1.13. The highest BCUT2D eigenvalue weighted by atomic mass is 35.5. The Morgan fingerprint density at radius 2 is 2.43 bits per heavy atom. The Balaban J connectivity index is 2.14. The van der Waals surface area contributed by atoms with E-state index in [1.807, 2.05) is 12.1 Å². The first-order chi connectivity index (χ1) is 6.81. The van der Waals surface area contributed by atoms with Gasteiger partial charge in [0, 0.05) is 24.0 Å². The molecule has 0 amide bonds. The van der Waals surface area contributed by atoms with Crippen molar-refractivity contribution in [3.63, 3.8) is 0 Å². The average molecular weight is 233 g/mol. The number of thiophene rings is 1. The molecule has 1 aliphatic heterocycles. The average Bonchev–Trinajstić information content (AvgIpc) is 2.65. The van der Waals surface area contributed by atoms with Crippen molar-refractivity contribution in [2.45, 2.75) is 18.9 Å². The van der Waals surface area contributed by atoms with Crippen LogP contribution in [0.15, 0.2) is 12.1 Å². The van der Waals surface area contributed by atoms with E-state index in [0.717, 1.165) is 28.7 Å². The van der Waals surface area contributed by atoms with Crippen LogP contribution in [0.25, 0.3) is 0 Å². The summed E-state index contributed by atoms with van der Waals surface area (Å²) in [5.41, 5.74) is 0. The van der Waals surface area contributed by atoms with E-state index >= 15 is 0 Å². The summed E-state index contributed by atoms with van der Waals surface area (Å²) >= 11 is 7.41. The van der Waals surface area contributed by atoms with E-state index in [9.17, 15) is 5.11 Å². The molecule has 4 heteroatoms. The van der Waals surface area contributed by atoms with Gasteiger partial charge in [0.1, 0.15) is 0 Å². The van der Waals surface area contributed by atoms with E-state index < -0.39 is 0 Å². The Labute approximate surface area is 92.5 Å². The standard InChI is InChI=1S/C10H13ClO2S/c11-9-4-3-8(14-9)10-7(6-12)2-1-5-13-10/h3-4,7,10,12H,1-2,5-6H2. The normalized spacial score (nSPS) is 27.9. The second-order valence-corrected chi connectivity index (χ2v) is 5.26. The zero-order valence-electron chi connectivity index (χ0n) is 7.78. The van der Waals surface area contributed by atoms with Crippen LogP contribution in [0.3, 0.4) is 0 Å². The number of hydrogen-bond acceptors (Lipinski definition) is 3. The van der Waals surface area contributed by atoms with Gasteiger partial charge >= 0.3 is 0 Å². The van der Waals surface area contributed by atoms with Crippen molar-refractivity contribution in [1.29, 1.82) is 0 Å². The Bertz CT molecular complexity index is 300. The molecular weight excluding hydrogens is 220 g/mol. The van der Waals surface area contributed by atoms with Crippen LogP contribution in [-0.2, 0) is 4.74 Å². The van der Waals surface area contributed by atoms with E-state index in [1.54, 1.807) is 11.3 Å². The summed E-state index contributed by atoms with van der Waals surface area (Å²) in [7, 11) is 0. The maximum Gasteiger partial charge on any atom is 0.0967 e. The lowest BCUT2D eigenvalue weighted by atomic mass is 9.94. The molecule has 0 radical (unpaired) electrons. The molecular formula is C10H13ClO2S. The maximum atomic E-state index is 9.22. The van der Waals surface area contributed by atoms with E-state index in [4.69, 9.17) is 16.3 Å². The van der Waals surface area contributed by atoms with Crippen molar-refractivity contribution >= 4 is 22.9 Å². The molecule has 0 aliphatic carbocycles. The summed E-state index contributed by atoms with van der Waals surface area (Å²) in [6.45, 7) is 0.983. The number of aliphatic hydroxyl groups excluding tert-OH is 1. The molecule has 2 atom stereocenters. The van der Waals surface area contributed by atoms with E-state index in [1.165, 1.54) is 0 Å². The molecule has 0 aromatic carbocycles. The van der Waals surface area contributed by atoms with Gasteiger partial charge in [-0.3, -0.25) is 0 Å². The molecule has 1 N–H and O–H groups in total. The SMILES string of the molecule is OCC1CCCOC1c1ccc(Cl)s1. The monoisotopic (exact) mass is 232 g/mol. The van der Waals surface area contributed by atoms with Crippen LogP contribution in [0.5, 0.6) is 0 Å². The number of aliphatic hydroxyl groups is 1. The van der Waals surface area contributed by atoms with Crippen molar-refractivity contribution in [2.24, 2.45) is 5.92 Å². The van der Waals surface area contributed by atoms with E-state index in [0.29, 0.717) is 0 Å². The molecule has 0 bridgehead atoms. The van der Waals surface area contributed by atoms with Crippen molar-refractivity contribution in [2.75, 3.05) is 13.2 Å². The third-order valence-electron chi connectivity index (χ3n) is 2.55. The number of halogens is 1. The highest BCUT2D eigenvalue weighted by molar-refractivity contribution is 7.16. The van der Waals surface area contributed by atoms with Gasteiger partial charge in [-0.05, 0) is 25.0 Å². The quantitative estimate of drug-likeness (QED) is 0.850. The third kappa shape index (κ3) is 2.11. The third-order valence-corrected chi connectivity index (χ3v) is 3.85. The predicted octanol–water partition coefficient (Wildman–Crippen LogP) is 2.86. The largest absolute Gasteiger partial charge is 0.396 e. The van der Waals surface area contributed by atoms with Crippen molar-refractivity contribution in [1.82, 2.24) is 0 Å². The first-order valence-corrected chi connectivity index (χ1v) is 5.98. The minimum absolute atomic E-state index is 0.0475. The topological polar surface area (TPSA) is 29.5 Å². The van der Waals surface area contributed by atoms with Gasteiger partial charge in [-0.25, -0.2) is 0 Å². The molecule has 1 saturated heterocycles. The highest BCUT2D eigenvalue weighted by Crippen LogP contribution is 2.37. The smallest absolute Gasteiger partial charge is 0.0967 e. The van der Waals surface area contributed by atoms with Crippen LogP contribution in [0.2, 0.25) is 4.34 Å². The van der Waals surface area contributed by atoms with Gasteiger partial charge in [0.25, 0.3) is 0 Å². The predicted molar refractivity (Wildman–Crippen MR) is 57.8 cm³/mol. The van der Waals surface area contributed by atoms with Crippen LogP contribution in [0.4, 0.5) is 0 Å². The van der Waals surface area contributed by atoms with Crippen LogP contribution in [-0.4, -0.2) is 18.3 Å². The van der Waals surface area contributed by atoms with Crippen molar-refractivity contribution in [3.8, 4) is 0 Å². The Hall–Kier alpha value is -0.0900. The first-order valence-electron chi connectivity index (χ1n) is 4.79. The van der Waals surface area contributed by atoms with Crippen LogP contribution in [0, 0.1) is 5.92 Å². The van der Waals surface area contributed by atoms with Crippen molar-refractivity contribution in [3.05, 3.63) is 21.3 Å². The van der Waals surface area contributed by atoms with Gasteiger partial charge in [-0.2, -0.15) is 0 Å².